The Hall–Kier alpha value is -0.860. The number of likely N-dealkylation sites (N-methyl/N-ethyl adjacent to an activating group) is 2. The van der Waals surface area contributed by atoms with Crippen molar-refractivity contribution in [2.24, 2.45) is 5.41 Å². The molecule has 1 atom stereocenters. The van der Waals surface area contributed by atoms with Gasteiger partial charge < -0.3 is 10.2 Å². The quantitative estimate of drug-likeness (QED) is 0.847. The molecule has 0 saturated carbocycles. The SMILES string of the molecule is CCNC(CN(C)CC(C)(C)C)c1ccc(C)c(C)c1. The Morgan fingerprint density at radius 2 is 1.80 bits per heavy atom. The molecule has 0 aromatic heterocycles. The van der Waals surface area contributed by atoms with Gasteiger partial charge in [-0.3, -0.25) is 0 Å². The van der Waals surface area contributed by atoms with Crippen LogP contribution in [-0.2, 0) is 0 Å². The van der Waals surface area contributed by atoms with Gasteiger partial charge in [0.1, 0.15) is 0 Å². The van der Waals surface area contributed by atoms with Crippen LogP contribution in [0.5, 0.6) is 0 Å². The lowest BCUT2D eigenvalue weighted by Gasteiger charge is -2.30. The van der Waals surface area contributed by atoms with Crippen molar-refractivity contribution in [1.29, 1.82) is 0 Å². The van der Waals surface area contributed by atoms with Crippen molar-refractivity contribution in [1.82, 2.24) is 10.2 Å². The highest BCUT2D eigenvalue weighted by Gasteiger charge is 2.18. The predicted molar refractivity (Wildman–Crippen MR) is 89.3 cm³/mol. The van der Waals surface area contributed by atoms with E-state index in [4.69, 9.17) is 0 Å². The molecule has 0 radical (unpaired) electrons. The third kappa shape index (κ3) is 5.64. The lowest BCUT2D eigenvalue weighted by Crippen LogP contribution is -2.37. The number of hydrogen-bond acceptors (Lipinski definition) is 2. The van der Waals surface area contributed by atoms with Crippen LogP contribution in [0.25, 0.3) is 0 Å². The van der Waals surface area contributed by atoms with Crippen LogP contribution >= 0.6 is 0 Å². The summed E-state index contributed by atoms with van der Waals surface area (Å²) < 4.78 is 0. The maximum absolute atomic E-state index is 3.62. The van der Waals surface area contributed by atoms with Crippen molar-refractivity contribution in [3.63, 3.8) is 0 Å². The van der Waals surface area contributed by atoms with Crippen LogP contribution in [-0.4, -0.2) is 31.6 Å². The maximum atomic E-state index is 3.62. The van der Waals surface area contributed by atoms with Crippen LogP contribution in [0.15, 0.2) is 18.2 Å². The molecule has 1 N–H and O–H groups in total. The van der Waals surface area contributed by atoms with Crippen molar-refractivity contribution < 1.29 is 0 Å². The minimum Gasteiger partial charge on any atom is -0.309 e. The summed E-state index contributed by atoms with van der Waals surface area (Å²) in [7, 11) is 2.22. The molecule has 0 bridgehead atoms. The Morgan fingerprint density at radius 1 is 1.15 bits per heavy atom. The number of nitrogens with one attached hydrogen (secondary N) is 1. The van der Waals surface area contributed by atoms with E-state index in [1.807, 2.05) is 0 Å². The summed E-state index contributed by atoms with van der Waals surface area (Å²) in [5.41, 5.74) is 4.49. The highest BCUT2D eigenvalue weighted by molar-refractivity contribution is 5.31. The second kappa shape index (κ2) is 7.24. The summed E-state index contributed by atoms with van der Waals surface area (Å²) in [5.74, 6) is 0. The second-order valence-corrected chi connectivity index (χ2v) is 7.21. The summed E-state index contributed by atoms with van der Waals surface area (Å²) in [6, 6.07) is 7.24. The van der Waals surface area contributed by atoms with Crippen molar-refractivity contribution in [3.05, 3.63) is 34.9 Å². The van der Waals surface area contributed by atoms with Crippen LogP contribution in [0.3, 0.4) is 0 Å². The van der Waals surface area contributed by atoms with Crippen LogP contribution in [0.4, 0.5) is 0 Å². The Morgan fingerprint density at radius 3 is 2.30 bits per heavy atom. The van der Waals surface area contributed by atoms with E-state index in [0.717, 1.165) is 19.6 Å². The highest BCUT2D eigenvalue weighted by atomic mass is 15.1. The van der Waals surface area contributed by atoms with Gasteiger partial charge in [0.25, 0.3) is 0 Å². The molecule has 0 saturated heterocycles. The van der Waals surface area contributed by atoms with E-state index in [2.05, 4.69) is 77.0 Å². The topological polar surface area (TPSA) is 15.3 Å². The minimum atomic E-state index is 0.342. The molecule has 0 fully saturated rings. The second-order valence-electron chi connectivity index (χ2n) is 7.21. The number of aryl methyl sites for hydroxylation is 2. The average Bonchev–Trinajstić information content (AvgIpc) is 2.30. The van der Waals surface area contributed by atoms with Gasteiger partial charge in [-0.25, -0.2) is 0 Å². The molecule has 0 aliphatic heterocycles. The molecular weight excluding hydrogens is 244 g/mol. The Kier molecular flexibility index (Phi) is 6.22. The largest absolute Gasteiger partial charge is 0.309 e. The molecule has 1 unspecified atom stereocenters. The molecule has 1 aromatic carbocycles. The Labute approximate surface area is 125 Å². The fourth-order valence-electron chi connectivity index (χ4n) is 2.70. The van der Waals surface area contributed by atoms with Crippen molar-refractivity contribution in [3.8, 4) is 0 Å². The zero-order chi connectivity index (χ0) is 15.3. The van der Waals surface area contributed by atoms with Crippen molar-refractivity contribution in [2.45, 2.75) is 47.6 Å². The van der Waals surface area contributed by atoms with Gasteiger partial charge in [-0.05, 0) is 49.5 Å². The maximum Gasteiger partial charge on any atom is 0.0449 e. The van der Waals surface area contributed by atoms with Crippen LogP contribution in [0.2, 0.25) is 0 Å². The summed E-state index contributed by atoms with van der Waals surface area (Å²) >= 11 is 0. The molecule has 0 aliphatic carbocycles. The van der Waals surface area contributed by atoms with Gasteiger partial charge in [-0.2, -0.15) is 0 Å². The van der Waals surface area contributed by atoms with Crippen molar-refractivity contribution >= 4 is 0 Å². The van der Waals surface area contributed by atoms with Crippen LogP contribution < -0.4 is 5.32 Å². The molecule has 114 valence electrons. The van der Waals surface area contributed by atoms with Gasteiger partial charge in [0.2, 0.25) is 0 Å². The Bertz CT molecular complexity index is 418. The summed E-state index contributed by atoms with van der Waals surface area (Å²) in [6.45, 7) is 16.6. The van der Waals surface area contributed by atoms with Crippen molar-refractivity contribution in [2.75, 3.05) is 26.7 Å². The third-order valence-corrected chi connectivity index (χ3v) is 3.62. The molecule has 0 amide bonds. The molecule has 0 aliphatic rings. The monoisotopic (exact) mass is 276 g/mol. The lowest BCUT2D eigenvalue weighted by atomic mass is 9.95. The van der Waals surface area contributed by atoms with Crippen LogP contribution in [0, 0.1) is 19.3 Å². The average molecular weight is 276 g/mol. The van der Waals surface area contributed by atoms with Gasteiger partial charge in [0.15, 0.2) is 0 Å². The van der Waals surface area contributed by atoms with Gasteiger partial charge in [0.05, 0.1) is 0 Å². The standard InChI is InChI=1S/C18H32N2/c1-8-19-17(12-20(7)13-18(4,5)6)16-10-9-14(2)15(3)11-16/h9-11,17,19H,8,12-13H2,1-7H3. The van der Waals surface area contributed by atoms with E-state index in [1.165, 1.54) is 16.7 Å². The molecule has 1 rings (SSSR count). The van der Waals surface area contributed by atoms with Gasteiger partial charge in [-0.15, -0.1) is 0 Å². The fourth-order valence-corrected chi connectivity index (χ4v) is 2.70. The van der Waals surface area contributed by atoms with Gasteiger partial charge in [0, 0.05) is 19.1 Å². The number of nitrogens with zero attached hydrogens (tertiary/aromatic N) is 1. The molecule has 2 nitrogen and oxygen atoms in total. The van der Waals surface area contributed by atoms with E-state index < -0.39 is 0 Å². The van der Waals surface area contributed by atoms with E-state index in [1.54, 1.807) is 0 Å². The summed E-state index contributed by atoms with van der Waals surface area (Å²) in [6.07, 6.45) is 0. The van der Waals surface area contributed by atoms with Gasteiger partial charge in [-0.1, -0.05) is 45.9 Å². The fraction of sp³-hybridized carbons (Fsp3) is 0.667. The minimum absolute atomic E-state index is 0.342. The van der Waals surface area contributed by atoms with E-state index in [9.17, 15) is 0 Å². The lowest BCUT2D eigenvalue weighted by molar-refractivity contribution is 0.208. The highest BCUT2D eigenvalue weighted by Crippen LogP contribution is 2.20. The van der Waals surface area contributed by atoms with E-state index in [0.29, 0.717) is 11.5 Å². The zero-order valence-corrected chi connectivity index (χ0v) is 14.4. The first-order valence-corrected chi connectivity index (χ1v) is 7.72. The normalized spacial score (nSPS) is 13.8. The molecule has 20 heavy (non-hydrogen) atoms. The molecule has 1 aromatic rings. The molecular formula is C18H32N2. The first kappa shape index (κ1) is 17.2. The molecule has 0 heterocycles. The third-order valence-electron chi connectivity index (χ3n) is 3.62. The smallest absolute Gasteiger partial charge is 0.0449 e. The summed E-state index contributed by atoms with van der Waals surface area (Å²) in [5, 5.41) is 3.62. The van der Waals surface area contributed by atoms with Gasteiger partial charge >= 0.3 is 0 Å². The van der Waals surface area contributed by atoms with Crippen LogP contribution in [0.1, 0.15) is 50.4 Å². The predicted octanol–water partition coefficient (Wildman–Crippen LogP) is 3.93. The Balaban J connectivity index is 2.80. The first-order valence-electron chi connectivity index (χ1n) is 7.72. The zero-order valence-electron chi connectivity index (χ0n) is 14.4. The van der Waals surface area contributed by atoms with E-state index >= 15 is 0 Å². The summed E-state index contributed by atoms with van der Waals surface area (Å²) in [4.78, 5) is 2.43. The number of hydrogen-bond donors (Lipinski definition) is 1. The van der Waals surface area contributed by atoms with E-state index in [-0.39, 0.29) is 0 Å². The number of benzene rings is 1. The number of rotatable bonds is 6. The molecule has 2 heteroatoms. The first-order chi connectivity index (χ1) is 9.23. The molecule has 0 spiro atoms.